The molecule has 3 aromatic rings. The normalized spacial score (nSPS) is 12.7. The van der Waals surface area contributed by atoms with Gasteiger partial charge in [-0.3, -0.25) is 9.48 Å². The van der Waals surface area contributed by atoms with Crippen molar-refractivity contribution in [2.45, 2.75) is 33.0 Å². The van der Waals surface area contributed by atoms with Crippen molar-refractivity contribution in [2.24, 2.45) is 4.99 Å². The number of alkyl halides is 3. The van der Waals surface area contributed by atoms with Crippen LogP contribution in [-0.4, -0.2) is 44.2 Å². The van der Waals surface area contributed by atoms with Crippen LogP contribution in [-0.2, 0) is 0 Å². The van der Waals surface area contributed by atoms with Crippen LogP contribution in [0.2, 0.25) is 0 Å². The largest absolute Gasteiger partial charge is 0.494 e. The average Bonchev–Trinajstić information content (AvgIpc) is 3.21. The Bertz CT molecular complexity index is 1080. The number of aromatic hydroxyl groups is 1. The maximum absolute atomic E-state index is 12.3. The summed E-state index contributed by atoms with van der Waals surface area (Å²) in [5.41, 5.74) is 1.98. The van der Waals surface area contributed by atoms with Gasteiger partial charge in [0.05, 0.1) is 23.7 Å². The highest BCUT2D eigenvalue weighted by atomic mass is 19.4. The maximum Gasteiger partial charge on any atom is 0.405 e. The van der Waals surface area contributed by atoms with E-state index in [2.05, 4.69) is 15.1 Å². The van der Waals surface area contributed by atoms with Crippen LogP contribution in [0.15, 0.2) is 35.6 Å². The Morgan fingerprint density at radius 1 is 1.38 bits per heavy atom. The van der Waals surface area contributed by atoms with Gasteiger partial charge in [-0.05, 0) is 39.0 Å². The van der Waals surface area contributed by atoms with Gasteiger partial charge in [-0.1, -0.05) is 0 Å². The fraction of sp³-hybridized carbons (Fsp3) is 0.316. The molecule has 0 aliphatic carbocycles. The number of amides is 1. The molecular weight excluding hydrogens is 387 g/mol. The van der Waals surface area contributed by atoms with E-state index in [1.165, 1.54) is 18.2 Å². The lowest BCUT2D eigenvalue weighted by molar-refractivity contribution is -0.123. The van der Waals surface area contributed by atoms with E-state index < -0.39 is 18.6 Å². The first-order valence-corrected chi connectivity index (χ1v) is 8.84. The quantitative estimate of drug-likeness (QED) is 0.556. The molecular formula is C19H20F3N5O2. The van der Waals surface area contributed by atoms with Gasteiger partial charge in [-0.25, -0.2) is 4.99 Å². The minimum Gasteiger partial charge on any atom is -0.494 e. The van der Waals surface area contributed by atoms with Crippen molar-refractivity contribution in [3.63, 3.8) is 0 Å². The number of aliphatic imine (C=N–C) groups is 1. The molecule has 0 fully saturated rings. The van der Waals surface area contributed by atoms with Crippen molar-refractivity contribution in [1.29, 1.82) is 0 Å². The molecule has 0 saturated heterocycles. The second-order valence-corrected chi connectivity index (χ2v) is 6.88. The van der Waals surface area contributed by atoms with Crippen molar-refractivity contribution in [1.82, 2.24) is 20.1 Å². The van der Waals surface area contributed by atoms with E-state index in [0.29, 0.717) is 27.9 Å². The van der Waals surface area contributed by atoms with Crippen molar-refractivity contribution in [3.05, 3.63) is 41.7 Å². The zero-order valence-corrected chi connectivity index (χ0v) is 16.0. The van der Waals surface area contributed by atoms with Gasteiger partial charge in [0.15, 0.2) is 5.88 Å². The Morgan fingerprint density at radius 3 is 2.72 bits per heavy atom. The first-order chi connectivity index (χ1) is 13.5. The van der Waals surface area contributed by atoms with Gasteiger partial charge in [0.25, 0.3) is 5.91 Å². The number of hydrogen-bond donors (Lipinski definition) is 3. The molecule has 0 aliphatic heterocycles. The fourth-order valence-corrected chi connectivity index (χ4v) is 2.89. The lowest BCUT2D eigenvalue weighted by atomic mass is 10.1. The molecule has 10 heteroatoms. The highest BCUT2D eigenvalue weighted by molar-refractivity contribution is 6.13. The predicted octanol–water partition coefficient (Wildman–Crippen LogP) is 4.08. The molecule has 0 radical (unpaired) electrons. The number of nitrogens with one attached hydrogen (secondary N) is 2. The molecule has 2 heterocycles. The van der Waals surface area contributed by atoms with E-state index in [1.807, 2.05) is 19.2 Å². The Hall–Kier alpha value is -3.30. The number of carbonyl (C=O) groups is 1. The smallest absolute Gasteiger partial charge is 0.405 e. The van der Waals surface area contributed by atoms with Gasteiger partial charge in [0, 0.05) is 22.5 Å². The maximum atomic E-state index is 12.3. The second-order valence-electron chi connectivity index (χ2n) is 6.88. The van der Waals surface area contributed by atoms with Crippen LogP contribution in [0.25, 0.3) is 10.9 Å². The molecule has 0 bridgehead atoms. The fourth-order valence-electron chi connectivity index (χ4n) is 2.89. The topological polar surface area (TPSA) is 95.3 Å². The van der Waals surface area contributed by atoms with Crippen LogP contribution < -0.4 is 5.32 Å². The Morgan fingerprint density at radius 2 is 2.10 bits per heavy atom. The third-order valence-electron chi connectivity index (χ3n) is 4.27. The van der Waals surface area contributed by atoms with Gasteiger partial charge in [-0.15, -0.1) is 0 Å². The molecule has 0 aliphatic rings. The molecule has 7 nitrogen and oxygen atoms in total. The summed E-state index contributed by atoms with van der Waals surface area (Å²) in [7, 11) is 0. The number of rotatable bonds is 5. The van der Waals surface area contributed by atoms with Gasteiger partial charge in [-0.2, -0.15) is 18.3 Å². The predicted molar refractivity (Wildman–Crippen MR) is 103 cm³/mol. The number of hydrogen-bond acceptors (Lipinski definition) is 4. The molecule has 1 aromatic carbocycles. The Balaban J connectivity index is 1.95. The second kappa shape index (κ2) is 7.61. The zero-order valence-electron chi connectivity index (χ0n) is 16.0. The number of fused-ring (bicyclic) bond motifs is 1. The SMILES string of the molecule is CC(=Nc1cnn(C(C)C)c1)c1c(O)[nH]c2ccc(C(=O)NCC(F)(F)F)cc12. The van der Waals surface area contributed by atoms with Crippen LogP contribution in [0.3, 0.4) is 0 Å². The monoisotopic (exact) mass is 407 g/mol. The Labute approximate surface area is 164 Å². The van der Waals surface area contributed by atoms with Gasteiger partial charge >= 0.3 is 6.18 Å². The van der Waals surface area contributed by atoms with Crippen LogP contribution in [0.4, 0.5) is 18.9 Å². The zero-order chi connectivity index (χ0) is 21.3. The number of aromatic nitrogens is 3. The summed E-state index contributed by atoms with van der Waals surface area (Å²) in [6.07, 6.45) is -1.15. The molecule has 0 unspecified atom stereocenters. The first kappa shape index (κ1) is 20.4. The molecule has 29 heavy (non-hydrogen) atoms. The molecule has 0 atom stereocenters. The number of nitrogens with zero attached hydrogens (tertiary/aromatic N) is 3. The van der Waals surface area contributed by atoms with Crippen LogP contribution in [0.1, 0.15) is 42.7 Å². The van der Waals surface area contributed by atoms with E-state index in [-0.39, 0.29) is 17.5 Å². The molecule has 3 rings (SSSR count). The van der Waals surface area contributed by atoms with Gasteiger partial charge < -0.3 is 15.4 Å². The summed E-state index contributed by atoms with van der Waals surface area (Å²) in [5.74, 6) is -1.01. The number of halogens is 3. The van der Waals surface area contributed by atoms with Crippen molar-refractivity contribution in [3.8, 4) is 5.88 Å². The number of aromatic amines is 1. The van der Waals surface area contributed by atoms with E-state index in [0.717, 1.165) is 0 Å². The van der Waals surface area contributed by atoms with Crippen molar-refractivity contribution < 1.29 is 23.1 Å². The summed E-state index contributed by atoms with van der Waals surface area (Å²) in [6, 6.07) is 4.49. The van der Waals surface area contributed by atoms with Crippen LogP contribution in [0, 0.1) is 0 Å². The highest BCUT2D eigenvalue weighted by Gasteiger charge is 2.28. The molecule has 154 valence electrons. The van der Waals surface area contributed by atoms with Crippen LogP contribution in [0.5, 0.6) is 5.88 Å². The average molecular weight is 407 g/mol. The van der Waals surface area contributed by atoms with Gasteiger partial charge in [0.2, 0.25) is 0 Å². The molecule has 3 N–H and O–H groups in total. The van der Waals surface area contributed by atoms with E-state index in [1.54, 1.807) is 24.0 Å². The lowest BCUT2D eigenvalue weighted by Crippen LogP contribution is -2.33. The minimum atomic E-state index is -4.50. The van der Waals surface area contributed by atoms with Crippen molar-refractivity contribution in [2.75, 3.05) is 6.54 Å². The van der Waals surface area contributed by atoms with E-state index in [9.17, 15) is 23.1 Å². The van der Waals surface area contributed by atoms with E-state index >= 15 is 0 Å². The molecule has 0 saturated carbocycles. The summed E-state index contributed by atoms with van der Waals surface area (Å²) in [6.45, 7) is 4.22. The van der Waals surface area contributed by atoms with E-state index in [4.69, 9.17) is 0 Å². The summed E-state index contributed by atoms with van der Waals surface area (Å²) in [5, 5.41) is 16.8. The molecule has 2 aromatic heterocycles. The highest BCUT2D eigenvalue weighted by Crippen LogP contribution is 2.30. The third kappa shape index (κ3) is 4.58. The number of carbonyl (C=O) groups excluding carboxylic acids is 1. The summed E-state index contributed by atoms with van der Waals surface area (Å²) >= 11 is 0. The minimum absolute atomic E-state index is 0.0439. The van der Waals surface area contributed by atoms with Gasteiger partial charge in [0.1, 0.15) is 12.2 Å². The van der Waals surface area contributed by atoms with Crippen molar-refractivity contribution >= 4 is 28.2 Å². The Kier molecular flexibility index (Phi) is 5.36. The third-order valence-corrected chi connectivity index (χ3v) is 4.27. The number of benzene rings is 1. The molecule has 1 amide bonds. The number of H-pyrrole nitrogens is 1. The summed E-state index contributed by atoms with van der Waals surface area (Å²) in [4.78, 5) is 19.3. The van der Waals surface area contributed by atoms with Crippen LogP contribution >= 0.6 is 0 Å². The molecule has 0 spiro atoms. The first-order valence-electron chi connectivity index (χ1n) is 8.84. The summed E-state index contributed by atoms with van der Waals surface area (Å²) < 4.78 is 38.8. The standard InChI is InChI=1S/C19H20F3N5O2/c1-10(2)27-8-13(7-24-27)25-11(3)16-14-6-12(4-5-15(14)26-18(16)29)17(28)23-9-19(20,21)22/h4-8,10,26,29H,9H2,1-3H3,(H,23,28). The lowest BCUT2D eigenvalue weighted by Gasteiger charge is -2.08.